The number of halogens is 4. The summed E-state index contributed by atoms with van der Waals surface area (Å²) in [5, 5.41) is 12.8. The van der Waals surface area contributed by atoms with Gasteiger partial charge in [0.05, 0.1) is 23.9 Å². The van der Waals surface area contributed by atoms with E-state index in [0.717, 1.165) is 5.56 Å². The summed E-state index contributed by atoms with van der Waals surface area (Å²) in [7, 11) is 0. The van der Waals surface area contributed by atoms with Crippen LogP contribution >= 0.6 is 0 Å². The topological polar surface area (TPSA) is 180 Å². The van der Waals surface area contributed by atoms with Crippen molar-refractivity contribution >= 4 is 23.6 Å². The third-order valence-electron chi connectivity index (χ3n) is 6.16. The number of nitrogens with two attached hydrogens (primary N) is 3. The van der Waals surface area contributed by atoms with E-state index in [-0.39, 0.29) is 51.6 Å². The number of aryl methyl sites for hydroxylation is 1. The molecular weight excluding hydrogens is 546 g/mol. The molecule has 0 fully saturated rings. The summed E-state index contributed by atoms with van der Waals surface area (Å²) in [5.41, 5.74) is 16.0. The second-order valence-corrected chi connectivity index (χ2v) is 9.33. The van der Waals surface area contributed by atoms with E-state index >= 15 is 0 Å². The predicted molar refractivity (Wildman–Crippen MR) is 145 cm³/mol. The van der Waals surface area contributed by atoms with E-state index in [1.807, 2.05) is 18.2 Å². The second kappa shape index (κ2) is 15.8. The van der Waals surface area contributed by atoms with Crippen molar-refractivity contribution in [3.63, 3.8) is 0 Å². The molecule has 0 radical (unpaired) electrons. The van der Waals surface area contributed by atoms with Crippen LogP contribution in [0.4, 0.5) is 17.6 Å². The fourth-order valence-corrected chi connectivity index (χ4v) is 3.94. The first-order valence-corrected chi connectivity index (χ1v) is 12.9. The number of benzene rings is 2. The van der Waals surface area contributed by atoms with Gasteiger partial charge in [0.2, 0.25) is 17.7 Å². The number of rotatable bonds is 14. The molecule has 0 saturated heterocycles. The predicted octanol–water partition coefficient (Wildman–Crippen LogP) is 1.11. The Morgan fingerprint density at radius 1 is 0.976 bits per heavy atom. The van der Waals surface area contributed by atoms with Crippen molar-refractivity contribution in [1.82, 2.24) is 15.5 Å². The lowest BCUT2D eigenvalue weighted by molar-refractivity contribution is -0.137. The number of nitrogens with zero attached hydrogens (tertiary/aromatic N) is 1. The molecule has 2 aromatic rings. The van der Waals surface area contributed by atoms with Gasteiger partial charge in [0, 0.05) is 38.3 Å². The number of hydrogen-bond donors (Lipinski definition) is 6. The third kappa shape index (κ3) is 10.9. The van der Waals surface area contributed by atoms with Crippen LogP contribution in [0.1, 0.15) is 29.5 Å². The van der Waals surface area contributed by atoms with Crippen LogP contribution < -0.4 is 27.8 Å². The molecule has 2 rings (SSSR count). The van der Waals surface area contributed by atoms with E-state index in [1.165, 1.54) is 4.90 Å². The summed E-state index contributed by atoms with van der Waals surface area (Å²) in [6.07, 6.45) is -4.58. The van der Waals surface area contributed by atoms with Gasteiger partial charge in [-0.1, -0.05) is 30.3 Å². The van der Waals surface area contributed by atoms with Crippen molar-refractivity contribution in [2.24, 2.45) is 23.1 Å². The minimum absolute atomic E-state index is 0.190. The molecule has 3 amide bonds. The molecule has 14 heteroatoms. The van der Waals surface area contributed by atoms with Crippen LogP contribution in [0, 0.1) is 17.1 Å². The molecule has 0 bridgehead atoms. The smallest absolute Gasteiger partial charge is 0.354 e. The van der Waals surface area contributed by atoms with Crippen LogP contribution in [0.25, 0.3) is 0 Å². The van der Waals surface area contributed by atoms with Crippen LogP contribution in [-0.4, -0.2) is 67.2 Å². The van der Waals surface area contributed by atoms with Gasteiger partial charge in [-0.15, -0.1) is 0 Å². The normalized spacial score (nSPS) is 12.8. The summed E-state index contributed by atoms with van der Waals surface area (Å²) in [6, 6.07) is 9.40. The molecular formula is C27H35F4N7O3. The van der Waals surface area contributed by atoms with E-state index in [9.17, 15) is 31.9 Å². The molecule has 41 heavy (non-hydrogen) atoms. The lowest BCUT2D eigenvalue weighted by Gasteiger charge is -2.23. The highest BCUT2D eigenvalue weighted by molar-refractivity contribution is 6.07. The summed E-state index contributed by atoms with van der Waals surface area (Å²) < 4.78 is 53.1. The fraction of sp³-hybridized carbons (Fsp3) is 0.407. The molecule has 0 unspecified atom stereocenters. The maximum absolute atomic E-state index is 13.8. The number of carbonyl (C=O) groups is 3. The van der Waals surface area contributed by atoms with E-state index in [1.54, 1.807) is 12.1 Å². The molecule has 0 aliphatic rings. The van der Waals surface area contributed by atoms with Gasteiger partial charge in [0.15, 0.2) is 0 Å². The van der Waals surface area contributed by atoms with Gasteiger partial charge in [-0.25, -0.2) is 4.39 Å². The Balaban J connectivity index is 2.11. The van der Waals surface area contributed by atoms with Gasteiger partial charge in [-0.3, -0.25) is 19.8 Å². The molecule has 0 spiro atoms. The van der Waals surface area contributed by atoms with Gasteiger partial charge in [0.25, 0.3) is 0 Å². The zero-order valence-corrected chi connectivity index (χ0v) is 22.3. The first-order chi connectivity index (χ1) is 19.3. The average molecular weight is 582 g/mol. The zero-order valence-electron chi connectivity index (χ0n) is 22.3. The monoisotopic (exact) mass is 581 g/mol. The quantitative estimate of drug-likeness (QED) is 0.110. The molecule has 0 aliphatic heterocycles. The SMILES string of the molecule is N=C(NC(=O)[C@H](CCc1ccccc1)CNC(=O)[C@@H](N)CC(=O)N(CCN)CCN)c1cc(F)cc(C(F)(F)F)c1. The zero-order chi connectivity index (χ0) is 30.6. The van der Waals surface area contributed by atoms with Gasteiger partial charge in [0.1, 0.15) is 11.7 Å². The highest BCUT2D eigenvalue weighted by Gasteiger charge is 2.32. The van der Waals surface area contributed by atoms with Crippen molar-refractivity contribution in [2.75, 3.05) is 32.7 Å². The average Bonchev–Trinajstić information content (AvgIpc) is 2.92. The third-order valence-corrected chi connectivity index (χ3v) is 6.16. The van der Waals surface area contributed by atoms with Crippen LogP contribution in [-0.2, 0) is 27.0 Å². The summed E-state index contributed by atoms with van der Waals surface area (Å²) in [4.78, 5) is 39.6. The van der Waals surface area contributed by atoms with Crippen molar-refractivity contribution in [1.29, 1.82) is 5.41 Å². The Labute approximate surface area is 235 Å². The van der Waals surface area contributed by atoms with Crippen molar-refractivity contribution in [3.8, 4) is 0 Å². The van der Waals surface area contributed by atoms with Crippen LogP contribution in [0.5, 0.6) is 0 Å². The van der Waals surface area contributed by atoms with Crippen molar-refractivity contribution in [3.05, 3.63) is 71.0 Å². The lowest BCUT2D eigenvalue weighted by atomic mass is 9.97. The Morgan fingerprint density at radius 3 is 2.20 bits per heavy atom. The molecule has 0 aliphatic carbocycles. The highest BCUT2D eigenvalue weighted by Crippen LogP contribution is 2.30. The van der Waals surface area contributed by atoms with E-state index in [4.69, 9.17) is 22.6 Å². The maximum Gasteiger partial charge on any atom is 0.416 e. The van der Waals surface area contributed by atoms with Crippen molar-refractivity contribution in [2.45, 2.75) is 31.5 Å². The molecule has 9 N–H and O–H groups in total. The second-order valence-electron chi connectivity index (χ2n) is 9.33. The van der Waals surface area contributed by atoms with Crippen molar-refractivity contribution < 1.29 is 31.9 Å². The number of alkyl halides is 3. The molecule has 10 nitrogen and oxygen atoms in total. The number of amidine groups is 1. The maximum atomic E-state index is 13.8. The molecule has 2 aromatic carbocycles. The summed E-state index contributed by atoms with van der Waals surface area (Å²) in [6.45, 7) is 0.654. The first-order valence-electron chi connectivity index (χ1n) is 12.9. The minimum Gasteiger partial charge on any atom is -0.354 e. The van der Waals surface area contributed by atoms with E-state index < -0.39 is 58.6 Å². The van der Waals surface area contributed by atoms with E-state index in [0.29, 0.717) is 18.6 Å². The summed E-state index contributed by atoms with van der Waals surface area (Å²) >= 11 is 0. The fourth-order valence-electron chi connectivity index (χ4n) is 3.94. The van der Waals surface area contributed by atoms with Gasteiger partial charge < -0.3 is 32.7 Å². The van der Waals surface area contributed by atoms with Crippen LogP contribution in [0.15, 0.2) is 48.5 Å². The van der Waals surface area contributed by atoms with Crippen LogP contribution in [0.2, 0.25) is 0 Å². The minimum atomic E-state index is -4.85. The lowest BCUT2D eigenvalue weighted by Crippen LogP contribution is -2.48. The van der Waals surface area contributed by atoms with Gasteiger partial charge in [-0.2, -0.15) is 13.2 Å². The number of amides is 3. The van der Waals surface area contributed by atoms with Crippen LogP contribution in [0.3, 0.4) is 0 Å². The number of hydrogen-bond acceptors (Lipinski definition) is 7. The molecule has 224 valence electrons. The largest absolute Gasteiger partial charge is 0.416 e. The number of carbonyl (C=O) groups excluding carboxylic acids is 3. The Morgan fingerprint density at radius 2 is 1.61 bits per heavy atom. The Hall–Kier alpha value is -3.88. The Kier molecular flexibility index (Phi) is 12.8. The molecule has 2 atom stereocenters. The summed E-state index contributed by atoms with van der Waals surface area (Å²) in [5.74, 6) is -4.79. The molecule has 0 saturated carbocycles. The first kappa shape index (κ1) is 33.3. The highest BCUT2D eigenvalue weighted by atomic mass is 19.4. The van der Waals surface area contributed by atoms with Gasteiger partial charge >= 0.3 is 6.18 Å². The van der Waals surface area contributed by atoms with E-state index in [2.05, 4.69) is 10.6 Å². The Bertz CT molecular complexity index is 1190. The standard InChI is InChI=1S/C27H35F4N7O3/c28-21-13-19(12-20(14-21)27(29,30)31)24(35)37-25(40)18(7-6-17-4-2-1-3-5-17)16-36-26(41)22(34)15-23(39)38(10-8-32)11-9-33/h1-5,12-14,18,22H,6-11,15-16,32-34H2,(H,36,41)(H2,35,37,40)/t18-,22+/m1/s1. The molecule has 0 heterocycles. The van der Waals surface area contributed by atoms with Gasteiger partial charge in [-0.05, 0) is 36.6 Å². The number of nitrogens with one attached hydrogen (secondary N) is 3. The molecule has 0 aromatic heterocycles.